The average molecular weight is 257 g/mol. The van der Waals surface area contributed by atoms with E-state index >= 15 is 0 Å². The molecule has 0 aliphatic heterocycles. The van der Waals surface area contributed by atoms with Gasteiger partial charge in [-0.2, -0.15) is 0 Å². The van der Waals surface area contributed by atoms with E-state index in [4.69, 9.17) is 5.11 Å². The summed E-state index contributed by atoms with van der Waals surface area (Å²) >= 11 is 1.81. The molecule has 18 heavy (non-hydrogen) atoms. The number of fused-ring (bicyclic) bond motifs is 3. The predicted molar refractivity (Wildman–Crippen MR) is 77.3 cm³/mol. The maximum absolute atomic E-state index is 8.95. The zero-order valence-corrected chi connectivity index (χ0v) is 11.1. The van der Waals surface area contributed by atoms with E-state index in [1.54, 1.807) is 0 Å². The number of aromatic nitrogens is 1. The Morgan fingerprint density at radius 3 is 2.94 bits per heavy atom. The van der Waals surface area contributed by atoms with Crippen LogP contribution in [0.15, 0.2) is 30.5 Å². The number of benzene rings is 1. The zero-order valence-electron chi connectivity index (χ0n) is 10.3. The molecule has 0 radical (unpaired) electrons. The fraction of sp³-hybridized carbons (Fsp3) is 0.267. The van der Waals surface area contributed by atoms with Gasteiger partial charge in [0.05, 0.1) is 10.4 Å². The Labute approximate surface area is 110 Å². The summed E-state index contributed by atoms with van der Waals surface area (Å²) in [6.07, 6.45) is 3.50. The Morgan fingerprint density at radius 1 is 1.22 bits per heavy atom. The molecule has 0 fully saturated rings. The molecule has 2 aromatic heterocycles. The van der Waals surface area contributed by atoms with Crippen molar-refractivity contribution in [1.29, 1.82) is 0 Å². The van der Waals surface area contributed by atoms with Gasteiger partial charge in [-0.1, -0.05) is 12.1 Å². The summed E-state index contributed by atoms with van der Waals surface area (Å²) < 4.78 is 2.59. The van der Waals surface area contributed by atoms with Crippen molar-refractivity contribution in [1.82, 2.24) is 4.98 Å². The van der Waals surface area contributed by atoms with Crippen molar-refractivity contribution in [2.24, 2.45) is 0 Å². The third-order valence-electron chi connectivity index (χ3n) is 3.19. The molecule has 0 atom stereocenters. The summed E-state index contributed by atoms with van der Waals surface area (Å²) in [5.74, 6) is 0. The van der Waals surface area contributed by atoms with Gasteiger partial charge in [0.1, 0.15) is 0 Å². The number of hydrogen-bond acceptors (Lipinski definition) is 3. The third kappa shape index (κ3) is 1.89. The summed E-state index contributed by atoms with van der Waals surface area (Å²) in [6, 6.07) is 8.67. The third-order valence-corrected chi connectivity index (χ3v) is 4.41. The Kier molecular flexibility index (Phi) is 3.02. The van der Waals surface area contributed by atoms with Crippen LogP contribution in [-0.2, 0) is 6.42 Å². The van der Waals surface area contributed by atoms with Gasteiger partial charge in [0.25, 0.3) is 0 Å². The first kappa shape index (κ1) is 11.6. The highest BCUT2D eigenvalue weighted by atomic mass is 32.1. The van der Waals surface area contributed by atoms with Gasteiger partial charge in [-0.3, -0.25) is 4.98 Å². The minimum absolute atomic E-state index is 0.224. The van der Waals surface area contributed by atoms with Crippen LogP contribution < -0.4 is 0 Å². The highest BCUT2D eigenvalue weighted by Crippen LogP contribution is 2.35. The average Bonchev–Trinajstić information content (AvgIpc) is 2.74. The number of hydrogen-bond donors (Lipinski definition) is 1. The van der Waals surface area contributed by atoms with Crippen LogP contribution in [0.4, 0.5) is 0 Å². The van der Waals surface area contributed by atoms with Crippen molar-refractivity contribution in [2.75, 3.05) is 6.61 Å². The second kappa shape index (κ2) is 4.67. The summed E-state index contributed by atoms with van der Waals surface area (Å²) in [5, 5.41) is 11.6. The molecule has 3 rings (SSSR count). The van der Waals surface area contributed by atoms with Crippen LogP contribution in [0, 0.1) is 6.92 Å². The van der Waals surface area contributed by atoms with Crippen LogP contribution in [0.3, 0.4) is 0 Å². The SMILES string of the molecule is Cc1ccc2c(c1)sc1c(CCCO)nccc12. The molecule has 0 saturated heterocycles. The summed E-state index contributed by atoms with van der Waals surface area (Å²) in [6.45, 7) is 2.34. The van der Waals surface area contributed by atoms with E-state index in [1.807, 2.05) is 17.5 Å². The molecule has 1 aromatic carbocycles. The van der Waals surface area contributed by atoms with E-state index < -0.39 is 0 Å². The molecular formula is C15H15NOS. The van der Waals surface area contributed by atoms with Crippen molar-refractivity contribution in [3.05, 3.63) is 41.7 Å². The standard InChI is InChI=1S/C15H15NOS/c1-10-4-5-11-12-6-7-16-13(3-2-8-17)15(12)18-14(11)9-10/h4-7,9,17H,2-3,8H2,1H3. The van der Waals surface area contributed by atoms with Crippen molar-refractivity contribution in [3.8, 4) is 0 Å². The number of rotatable bonds is 3. The molecule has 0 amide bonds. The molecule has 0 aliphatic rings. The lowest BCUT2D eigenvalue weighted by molar-refractivity contribution is 0.288. The molecule has 0 saturated carbocycles. The number of aliphatic hydroxyl groups excluding tert-OH is 1. The van der Waals surface area contributed by atoms with Crippen molar-refractivity contribution < 1.29 is 5.11 Å². The Morgan fingerprint density at radius 2 is 2.11 bits per heavy atom. The van der Waals surface area contributed by atoms with Crippen molar-refractivity contribution >= 4 is 31.5 Å². The Bertz CT molecular complexity index is 702. The molecule has 3 aromatic rings. The second-order valence-corrected chi connectivity index (χ2v) is 5.62. The maximum atomic E-state index is 8.95. The van der Waals surface area contributed by atoms with Gasteiger partial charge in [0.15, 0.2) is 0 Å². The highest BCUT2D eigenvalue weighted by Gasteiger charge is 2.09. The molecule has 3 heteroatoms. The van der Waals surface area contributed by atoms with E-state index in [2.05, 4.69) is 36.2 Å². The van der Waals surface area contributed by atoms with Crippen LogP contribution in [0.5, 0.6) is 0 Å². The van der Waals surface area contributed by atoms with Crippen LogP contribution in [0.1, 0.15) is 17.7 Å². The number of aryl methyl sites for hydroxylation is 2. The lowest BCUT2D eigenvalue weighted by Crippen LogP contribution is -1.92. The van der Waals surface area contributed by atoms with Gasteiger partial charge in [0, 0.05) is 28.3 Å². The minimum Gasteiger partial charge on any atom is -0.396 e. The molecule has 0 unspecified atom stereocenters. The molecule has 2 nitrogen and oxygen atoms in total. The van der Waals surface area contributed by atoms with E-state index in [-0.39, 0.29) is 6.61 Å². The van der Waals surface area contributed by atoms with Crippen LogP contribution in [0.25, 0.3) is 20.2 Å². The summed E-state index contributed by atoms with van der Waals surface area (Å²) in [5.41, 5.74) is 2.40. The Balaban J connectivity index is 2.24. The van der Waals surface area contributed by atoms with Gasteiger partial charge < -0.3 is 5.11 Å². The fourth-order valence-corrected chi connectivity index (χ4v) is 3.60. The maximum Gasteiger partial charge on any atom is 0.0582 e. The molecule has 92 valence electrons. The highest BCUT2D eigenvalue weighted by molar-refractivity contribution is 7.26. The van der Waals surface area contributed by atoms with E-state index in [9.17, 15) is 0 Å². The topological polar surface area (TPSA) is 33.1 Å². The lowest BCUT2D eigenvalue weighted by Gasteiger charge is -2.00. The van der Waals surface area contributed by atoms with E-state index in [1.165, 1.54) is 25.7 Å². The van der Waals surface area contributed by atoms with Crippen LogP contribution in [-0.4, -0.2) is 16.7 Å². The Hall–Kier alpha value is -1.45. The summed E-state index contributed by atoms with van der Waals surface area (Å²) in [7, 11) is 0. The number of pyridine rings is 1. The first-order chi connectivity index (χ1) is 8.79. The first-order valence-corrected chi connectivity index (χ1v) is 6.99. The second-order valence-electron chi connectivity index (χ2n) is 4.56. The predicted octanol–water partition coefficient (Wildman–Crippen LogP) is 3.68. The number of nitrogens with zero attached hydrogens (tertiary/aromatic N) is 1. The molecule has 2 heterocycles. The fourth-order valence-electron chi connectivity index (χ4n) is 2.29. The molecule has 0 spiro atoms. The van der Waals surface area contributed by atoms with Crippen LogP contribution >= 0.6 is 11.3 Å². The summed E-state index contributed by atoms with van der Waals surface area (Å²) in [4.78, 5) is 4.46. The number of thiophene rings is 1. The quantitative estimate of drug-likeness (QED) is 0.776. The van der Waals surface area contributed by atoms with Gasteiger partial charge in [0.2, 0.25) is 0 Å². The van der Waals surface area contributed by atoms with Crippen LogP contribution in [0.2, 0.25) is 0 Å². The monoisotopic (exact) mass is 257 g/mol. The van der Waals surface area contributed by atoms with Crippen molar-refractivity contribution in [2.45, 2.75) is 19.8 Å². The minimum atomic E-state index is 0.224. The van der Waals surface area contributed by atoms with E-state index in [0.29, 0.717) is 0 Å². The van der Waals surface area contributed by atoms with Gasteiger partial charge >= 0.3 is 0 Å². The molecule has 1 N–H and O–H groups in total. The van der Waals surface area contributed by atoms with Crippen molar-refractivity contribution in [3.63, 3.8) is 0 Å². The normalized spacial score (nSPS) is 11.4. The van der Waals surface area contributed by atoms with E-state index in [0.717, 1.165) is 18.5 Å². The van der Waals surface area contributed by atoms with Gasteiger partial charge in [-0.05, 0) is 37.5 Å². The van der Waals surface area contributed by atoms with Gasteiger partial charge in [-0.25, -0.2) is 0 Å². The first-order valence-electron chi connectivity index (χ1n) is 6.17. The molecular weight excluding hydrogens is 242 g/mol. The molecule has 0 aliphatic carbocycles. The molecule has 0 bridgehead atoms. The largest absolute Gasteiger partial charge is 0.396 e. The van der Waals surface area contributed by atoms with Gasteiger partial charge in [-0.15, -0.1) is 11.3 Å². The zero-order chi connectivity index (χ0) is 12.5. The smallest absolute Gasteiger partial charge is 0.0582 e. The lowest BCUT2D eigenvalue weighted by atomic mass is 10.1. The number of aliphatic hydroxyl groups is 1.